The number of hydrogen-bond donors (Lipinski definition) is 3. The van der Waals surface area contributed by atoms with E-state index in [0.717, 1.165) is 5.56 Å². The molecule has 8 heteroatoms. The SMILES string of the molecule is CC(=O)Nc1ccc(NC(=O)C2CC2C(=O)NCc2ccc3c(c2)OCO3)cc1. The largest absolute Gasteiger partial charge is 0.454 e. The first-order valence-corrected chi connectivity index (χ1v) is 9.34. The van der Waals surface area contributed by atoms with E-state index in [-0.39, 0.29) is 36.4 Å². The van der Waals surface area contributed by atoms with Crippen LogP contribution in [0.4, 0.5) is 11.4 Å². The van der Waals surface area contributed by atoms with Crippen LogP contribution in [0.3, 0.4) is 0 Å². The Kier molecular flexibility index (Phi) is 5.07. The molecule has 0 radical (unpaired) electrons. The molecule has 2 aromatic rings. The molecule has 2 unspecified atom stereocenters. The van der Waals surface area contributed by atoms with Crippen molar-refractivity contribution in [1.82, 2.24) is 5.32 Å². The summed E-state index contributed by atoms with van der Waals surface area (Å²) in [6, 6.07) is 12.4. The summed E-state index contributed by atoms with van der Waals surface area (Å²) in [5.74, 6) is 0.247. The molecule has 3 N–H and O–H groups in total. The van der Waals surface area contributed by atoms with Gasteiger partial charge in [0.15, 0.2) is 11.5 Å². The van der Waals surface area contributed by atoms with Crippen LogP contribution in [0.1, 0.15) is 18.9 Å². The maximum atomic E-state index is 12.4. The summed E-state index contributed by atoms with van der Waals surface area (Å²) in [7, 11) is 0. The van der Waals surface area contributed by atoms with Crippen molar-refractivity contribution in [2.45, 2.75) is 19.9 Å². The van der Waals surface area contributed by atoms with Gasteiger partial charge in [-0.05, 0) is 48.4 Å². The van der Waals surface area contributed by atoms with Crippen molar-refractivity contribution in [2.75, 3.05) is 17.4 Å². The summed E-state index contributed by atoms with van der Waals surface area (Å²) < 4.78 is 10.6. The second-order valence-electron chi connectivity index (χ2n) is 7.10. The number of hydrogen-bond acceptors (Lipinski definition) is 5. The van der Waals surface area contributed by atoms with Crippen molar-refractivity contribution in [3.05, 3.63) is 48.0 Å². The molecule has 1 heterocycles. The first-order chi connectivity index (χ1) is 14.0. The van der Waals surface area contributed by atoms with Crippen LogP contribution in [0.5, 0.6) is 11.5 Å². The van der Waals surface area contributed by atoms with Gasteiger partial charge in [-0.25, -0.2) is 0 Å². The number of anilines is 2. The number of rotatable bonds is 6. The Bertz CT molecular complexity index is 957. The summed E-state index contributed by atoms with van der Waals surface area (Å²) in [5, 5.41) is 8.34. The molecular formula is C21H21N3O5. The Morgan fingerprint density at radius 3 is 2.28 bits per heavy atom. The third kappa shape index (κ3) is 4.48. The Morgan fingerprint density at radius 1 is 0.897 bits per heavy atom. The van der Waals surface area contributed by atoms with Crippen LogP contribution in [-0.2, 0) is 20.9 Å². The molecular weight excluding hydrogens is 374 g/mol. The molecule has 1 saturated carbocycles. The molecule has 29 heavy (non-hydrogen) atoms. The van der Waals surface area contributed by atoms with Crippen molar-refractivity contribution < 1.29 is 23.9 Å². The van der Waals surface area contributed by atoms with Crippen LogP contribution in [0.15, 0.2) is 42.5 Å². The van der Waals surface area contributed by atoms with Gasteiger partial charge in [0, 0.05) is 24.8 Å². The van der Waals surface area contributed by atoms with Crippen molar-refractivity contribution in [2.24, 2.45) is 11.8 Å². The van der Waals surface area contributed by atoms with E-state index in [4.69, 9.17) is 9.47 Å². The van der Waals surface area contributed by atoms with Gasteiger partial charge < -0.3 is 25.4 Å². The fourth-order valence-corrected chi connectivity index (χ4v) is 3.22. The van der Waals surface area contributed by atoms with Crippen LogP contribution in [0.2, 0.25) is 0 Å². The molecule has 0 aromatic heterocycles. The fourth-order valence-electron chi connectivity index (χ4n) is 3.22. The summed E-state index contributed by atoms with van der Waals surface area (Å²) >= 11 is 0. The normalized spacial score (nSPS) is 18.7. The second kappa shape index (κ2) is 7.83. The molecule has 2 atom stereocenters. The van der Waals surface area contributed by atoms with E-state index in [1.54, 1.807) is 24.3 Å². The smallest absolute Gasteiger partial charge is 0.231 e. The van der Waals surface area contributed by atoms with Crippen LogP contribution >= 0.6 is 0 Å². The lowest BCUT2D eigenvalue weighted by molar-refractivity contribution is -0.125. The van der Waals surface area contributed by atoms with E-state index in [2.05, 4.69) is 16.0 Å². The zero-order valence-electron chi connectivity index (χ0n) is 15.9. The number of carbonyl (C=O) groups is 3. The van der Waals surface area contributed by atoms with E-state index in [9.17, 15) is 14.4 Å². The molecule has 1 aliphatic heterocycles. The van der Waals surface area contributed by atoms with Gasteiger partial charge in [0.1, 0.15) is 0 Å². The van der Waals surface area contributed by atoms with Gasteiger partial charge in [-0.15, -0.1) is 0 Å². The Morgan fingerprint density at radius 2 is 1.55 bits per heavy atom. The standard InChI is InChI=1S/C21H21N3O5/c1-12(25)23-14-3-5-15(6-4-14)24-21(27)17-9-16(17)20(26)22-10-13-2-7-18-19(8-13)29-11-28-18/h2-8,16-17H,9-11H2,1H3,(H,22,26)(H,23,25)(H,24,27). The number of carbonyl (C=O) groups excluding carboxylic acids is 3. The molecule has 8 nitrogen and oxygen atoms in total. The van der Waals surface area contributed by atoms with E-state index in [1.165, 1.54) is 6.92 Å². The zero-order chi connectivity index (χ0) is 20.4. The predicted molar refractivity (Wildman–Crippen MR) is 105 cm³/mol. The molecule has 2 aliphatic rings. The van der Waals surface area contributed by atoms with Crippen molar-refractivity contribution in [1.29, 1.82) is 0 Å². The quantitative estimate of drug-likeness (QED) is 0.696. The lowest BCUT2D eigenvalue weighted by Gasteiger charge is -2.08. The number of benzene rings is 2. The lowest BCUT2D eigenvalue weighted by Crippen LogP contribution is -2.27. The molecule has 0 saturated heterocycles. The average Bonchev–Trinajstić information content (AvgIpc) is 3.37. The minimum Gasteiger partial charge on any atom is -0.454 e. The molecule has 1 fully saturated rings. The zero-order valence-corrected chi connectivity index (χ0v) is 15.9. The predicted octanol–water partition coefficient (Wildman–Crippen LogP) is 2.26. The highest BCUT2D eigenvalue weighted by atomic mass is 16.7. The summed E-state index contributed by atoms with van der Waals surface area (Å²) in [5.41, 5.74) is 2.18. The number of nitrogens with one attached hydrogen (secondary N) is 3. The van der Waals surface area contributed by atoms with E-state index in [1.807, 2.05) is 18.2 Å². The monoisotopic (exact) mass is 395 g/mol. The van der Waals surface area contributed by atoms with Crippen molar-refractivity contribution in [3.8, 4) is 11.5 Å². The number of ether oxygens (including phenoxy) is 2. The lowest BCUT2D eigenvalue weighted by atomic mass is 10.2. The second-order valence-corrected chi connectivity index (χ2v) is 7.10. The van der Waals surface area contributed by atoms with Gasteiger partial charge in [-0.1, -0.05) is 6.07 Å². The van der Waals surface area contributed by atoms with Crippen molar-refractivity contribution in [3.63, 3.8) is 0 Å². The molecule has 4 rings (SSSR count). The van der Waals surface area contributed by atoms with Crippen LogP contribution in [-0.4, -0.2) is 24.5 Å². The number of fused-ring (bicyclic) bond motifs is 1. The Labute approximate surface area is 167 Å². The topological polar surface area (TPSA) is 106 Å². The highest BCUT2D eigenvalue weighted by molar-refractivity contribution is 5.99. The highest BCUT2D eigenvalue weighted by Gasteiger charge is 2.47. The molecule has 1 aliphatic carbocycles. The first-order valence-electron chi connectivity index (χ1n) is 9.34. The minimum absolute atomic E-state index is 0.135. The molecule has 2 aromatic carbocycles. The van der Waals surface area contributed by atoms with Gasteiger partial charge in [-0.3, -0.25) is 14.4 Å². The van der Waals surface area contributed by atoms with Crippen LogP contribution in [0.25, 0.3) is 0 Å². The minimum atomic E-state index is -0.332. The van der Waals surface area contributed by atoms with E-state index < -0.39 is 0 Å². The first kappa shape index (κ1) is 18.8. The van der Waals surface area contributed by atoms with E-state index >= 15 is 0 Å². The summed E-state index contributed by atoms with van der Waals surface area (Å²) in [4.78, 5) is 35.7. The maximum absolute atomic E-state index is 12.4. The maximum Gasteiger partial charge on any atom is 0.231 e. The molecule has 0 bridgehead atoms. The highest BCUT2D eigenvalue weighted by Crippen LogP contribution is 2.39. The Balaban J connectivity index is 1.25. The van der Waals surface area contributed by atoms with Gasteiger partial charge in [-0.2, -0.15) is 0 Å². The van der Waals surface area contributed by atoms with Gasteiger partial charge in [0.2, 0.25) is 24.5 Å². The molecule has 3 amide bonds. The average molecular weight is 395 g/mol. The third-order valence-corrected chi connectivity index (χ3v) is 4.84. The Hall–Kier alpha value is -3.55. The molecule has 150 valence electrons. The van der Waals surface area contributed by atoms with Crippen LogP contribution in [0, 0.1) is 11.8 Å². The molecule has 0 spiro atoms. The van der Waals surface area contributed by atoms with Gasteiger partial charge in [0.25, 0.3) is 0 Å². The number of amides is 3. The van der Waals surface area contributed by atoms with E-state index in [0.29, 0.717) is 35.8 Å². The van der Waals surface area contributed by atoms with Gasteiger partial charge in [0.05, 0.1) is 11.8 Å². The summed E-state index contributed by atoms with van der Waals surface area (Å²) in [6.07, 6.45) is 0.531. The third-order valence-electron chi connectivity index (χ3n) is 4.84. The van der Waals surface area contributed by atoms with Crippen molar-refractivity contribution >= 4 is 29.1 Å². The summed E-state index contributed by atoms with van der Waals surface area (Å²) in [6.45, 7) is 2.01. The van der Waals surface area contributed by atoms with Gasteiger partial charge >= 0.3 is 0 Å². The fraction of sp³-hybridized carbons (Fsp3) is 0.286. The van der Waals surface area contributed by atoms with Crippen LogP contribution < -0.4 is 25.4 Å².